The number of para-hydroxylation sites is 1. The number of carbonyl (C=O) groups is 2. The summed E-state index contributed by atoms with van der Waals surface area (Å²) in [6.45, 7) is 0. The van der Waals surface area contributed by atoms with Crippen LogP contribution in [0.5, 0.6) is 5.75 Å². The van der Waals surface area contributed by atoms with E-state index < -0.39 is 5.91 Å². The summed E-state index contributed by atoms with van der Waals surface area (Å²) >= 11 is 7.34. The maximum absolute atomic E-state index is 13.2. The lowest BCUT2D eigenvalue weighted by atomic mass is 9.98. The quantitative estimate of drug-likeness (QED) is 0.419. The number of benzene rings is 3. The van der Waals surface area contributed by atoms with Gasteiger partial charge in [-0.15, -0.1) is 0 Å². The fraction of sp³-hybridized carbons (Fsp3) is 0.143. The van der Waals surface area contributed by atoms with Gasteiger partial charge in [-0.2, -0.15) is 10.1 Å². The van der Waals surface area contributed by atoms with Crippen molar-refractivity contribution in [2.45, 2.75) is 12.5 Å². The molecule has 7 nitrogen and oxygen atoms in total. The molecule has 37 heavy (non-hydrogen) atoms. The smallest absolute Gasteiger partial charge is 0.287 e. The van der Waals surface area contributed by atoms with Gasteiger partial charge in [-0.3, -0.25) is 9.59 Å². The van der Waals surface area contributed by atoms with Gasteiger partial charge in [-0.05, 0) is 65.4 Å². The molecule has 0 N–H and O–H groups in total. The van der Waals surface area contributed by atoms with Gasteiger partial charge in [0, 0.05) is 24.1 Å². The SMILES string of the molecule is COc1ccc(C2=NN(C3=NC(=O)/C(=C4\C(=O)N(C)c5ccccc54)S3)C(c3ccc(Cl)cc3)C2)cc1. The van der Waals surface area contributed by atoms with Crippen LogP contribution >= 0.6 is 23.4 Å². The van der Waals surface area contributed by atoms with Crippen LogP contribution in [0, 0.1) is 0 Å². The number of fused-ring (bicyclic) bond motifs is 1. The summed E-state index contributed by atoms with van der Waals surface area (Å²) in [5.74, 6) is 0.112. The van der Waals surface area contributed by atoms with Gasteiger partial charge in [0.1, 0.15) is 5.75 Å². The number of amides is 2. The molecule has 0 spiro atoms. The number of rotatable bonds is 3. The second-order valence-corrected chi connectivity index (χ2v) is 10.2. The lowest BCUT2D eigenvalue weighted by Gasteiger charge is -2.22. The molecule has 0 saturated carbocycles. The molecule has 3 heterocycles. The molecule has 6 rings (SSSR count). The number of thioether (sulfide) groups is 1. The molecule has 2 amide bonds. The number of hydrogen-bond donors (Lipinski definition) is 0. The first-order valence-electron chi connectivity index (χ1n) is 11.6. The Morgan fingerprint density at radius 3 is 2.46 bits per heavy atom. The molecule has 0 aliphatic carbocycles. The van der Waals surface area contributed by atoms with Crippen molar-refractivity contribution in [2.75, 3.05) is 19.1 Å². The van der Waals surface area contributed by atoms with Gasteiger partial charge in [0.2, 0.25) is 0 Å². The highest BCUT2D eigenvalue weighted by Gasteiger charge is 2.41. The average Bonchev–Trinajstić information content (AvgIpc) is 3.59. The van der Waals surface area contributed by atoms with E-state index in [1.54, 1.807) is 24.1 Å². The van der Waals surface area contributed by atoms with Crippen LogP contribution < -0.4 is 9.64 Å². The Hall–Kier alpha value is -3.88. The number of ether oxygens (including phenoxy) is 1. The van der Waals surface area contributed by atoms with E-state index in [9.17, 15) is 9.59 Å². The van der Waals surface area contributed by atoms with Crippen LogP contribution in [0.2, 0.25) is 5.02 Å². The molecule has 3 aromatic rings. The van der Waals surface area contributed by atoms with E-state index in [0.717, 1.165) is 33.8 Å². The third kappa shape index (κ3) is 4.02. The summed E-state index contributed by atoms with van der Waals surface area (Å²) in [4.78, 5) is 32.5. The summed E-state index contributed by atoms with van der Waals surface area (Å²) in [6.07, 6.45) is 0.609. The van der Waals surface area contributed by atoms with Gasteiger partial charge in [0.15, 0.2) is 5.17 Å². The minimum Gasteiger partial charge on any atom is -0.497 e. The fourth-order valence-corrected chi connectivity index (χ4v) is 5.86. The van der Waals surface area contributed by atoms with Crippen molar-refractivity contribution in [1.29, 1.82) is 0 Å². The van der Waals surface area contributed by atoms with E-state index >= 15 is 0 Å². The topological polar surface area (TPSA) is 74.6 Å². The molecule has 9 heteroatoms. The van der Waals surface area contributed by atoms with Crippen molar-refractivity contribution in [1.82, 2.24) is 5.01 Å². The second-order valence-electron chi connectivity index (χ2n) is 8.78. The number of amidine groups is 1. The number of halogens is 1. The van der Waals surface area contributed by atoms with Crippen LogP contribution in [-0.4, -0.2) is 41.9 Å². The molecule has 0 radical (unpaired) electrons. The van der Waals surface area contributed by atoms with Crippen LogP contribution in [0.4, 0.5) is 5.69 Å². The molecule has 1 unspecified atom stereocenters. The Morgan fingerprint density at radius 2 is 1.73 bits per heavy atom. The van der Waals surface area contributed by atoms with E-state index in [4.69, 9.17) is 21.4 Å². The average molecular weight is 529 g/mol. The number of nitrogens with zero attached hydrogens (tertiary/aromatic N) is 4. The number of likely N-dealkylation sites (N-methyl/N-ethyl adjacent to an activating group) is 1. The number of hydrogen-bond acceptors (Lipinski definition) is 6. The predicted molar refractivity (Wildman–Crippen MR) is 147 cm³/mol. The lowest BCUT2D eigenvalue weighted by molar-refractivity contribution is -0.115. The molecule has 1 atom stereocenters. The van der Waals surface area contributed by atoms with Crippen molar-refractivity contribution >= 4 is 57.3 Å². The van der Waals surface area contributed by atoms with Gasteiger partial charge < -0.3 is 9.64 Å². The first kappa shape index (κ1) is 23.5. The van der Waals surface area contributed by atoms with E-state index in [1.807, 2.05) is 72.8 Å². The Morgan fingerprint density at radius 1 is 1.00 bits per heavy atom. The van der Waals surface area contributed by atoms with Crippen LogP contribution in [0.25, 0.3) is 5.57 Å². The number of methoxy groups -OCH3 is 1. The largest absolute Gasteiger partial charge is 0.497 e. The van der Waals surface area contributed by atoms with E-state index in [2.05, 4.69) is 4.99 Å². The summed E-state index contributed by atoms with van der Waals surface area (Å²) in [5, 5.41) is 7.77. The Balaban J connectivity index is 1.39. The van der Waals surface area contributed by atoms with Gasteiger partial charge >= 0.3 is 0 Å². The number of aliphatic imine (C=N–C) groups is 1. The monoisotopic (exact) mass is 528 g/mol. The predicted octanol–water partition coefficient (Wildman–Crippen LogP) is 5.52. The van der Waals surface area contributed by atoms with Gasteiger partial charge in [0.05, 0.1) is 35.0 Å². The first-order chi connectivity index (χ1) is 17.9. The minimum absolute atomic E-state index is 0.188. The third-order valence-corrected chi connectivity index (χ3v) is 7.95. The van der Waals surface area contributed by atoms with E-state index in [1.165, 1.54) is 11.8 Å². The maximum Gasteiger partial charge on any atom is 0.287 e. The van der Waals surface area contributed by atoms with E-state index in [-0.39, 0.29) is 11.9 Å². The van der Waals surface area contributed by atoms with Gasteiger partial charge in [-0.1, -0.05) is 41.9 Å². The normalized spacial score (nSPS) is 20.9. The maximum atomic E-state index is 13.2. The Labute approximate surface area is 223 Å². The van der Waals surface area contributed by atoms with Gasteiger partial charge in [0.25, 0.3) is 11.8 Å². The van der Waals surface area contributed by atoms with Gasteiger partial charge in [-0.25, -0.2) is 5.01 Å². The summed E-state index contributed by atoms with van der Waals surface area (Å²) < 4.78 is 5.29. The van der Waals surface area contributed by atoms with Crippen molar-refractivity contribution < 1.29 is 14.3 Å². The fourth-order valence-electron chi connectivity index (χ4n) is 4.73. The zero-order chi connectivity index (χ0) is 25.7. The highest BCUT2D eigenvalue weighted by Crippen LogP contribution is 2.45. The standard InChI is InChI=1S/C28H21ClN4O3S/c1-32-22-6-4-3-5-20(22)24(27(32)35)25-26(34)30-28(37-25)33-23(17-7-11-18(29)12-8-17)15-21(31-33)16-9-13-19(36-2)14-10-16/h3-14,23H,15H2,1-2H3/b25-24+. The molecule has 3 aliphatic rings. The first-order valence-corrected chi connectivity index (χ1v) is 12.8. The molecule has 0 aromatic heterocycles. The van der Waals surface area contributed by atoms with Crippen molar-refractivity contribution in [3.05, 3.63) is 99.4 Å². The van der Waals surface area contributed by atoms with Crippen molar-refractivity contribution in [2.24, 2.45) is 10.1 Å². The van der Waals surface area contributed by atoms with E-state index in [0.29, 0.717) is 27.1 Å². The Kier molecular flexibility index (Phi) is 5.85. The molecule has 0 saturated heterocycles. The van der Waals surface area contributed by atoms with Crippen LogP contribution in [-0.2, 0) is 9.59 Å². The number of carbonyl (C=O) groups excluding carboxylic acids is 2. The molecular formula is C28H21ClN4O3S. The third-order valence-electron chi connectivity index (χ3n) is 6.65. The minimum atomic E-state index is -0.434. The van der Waals surface area contributed by atoms with Crippen molar-refractivity contribution in [3.8, 4) is 5.75 Å². The zero-order valence-electron chi connectivity index (χ0n) is 20.0. The molecule has 184 valence electrons. The summed E-state index contributed by atoms with van der Waals surface area (Å²) in [6, 6.07) is 22.6. The van der Waals surface area contributed by atoms with Crippen LogP contribution in [0.1, 0.15) is 29.2 Å². The number of hydrazone groups is 1. The van der Waals surface area contributed by atoms with Crippen LogP contribution in [0.3, 0.4) is 0 Å². The van der Waals surface area contributed by atoms with Crippen LogP contribution in [0.15, 0.2) is 87.8 Å². The summed E-state index contributed by atoms with van der Waals surface area (Å²) in [7, 11) is 3.34. The molecule has 3 aromatic carbocycles. The highest BCUT2D eigenvalue weighted by atomic mass is 35.5. The lowest BCUT2D eigenvalue weighted by Crippen LogP contribution is -2.23. The molecule has 3 aliphatic heterocycles. The zero-order valence-corrected chi connectivity index (χ0v) is 21.6. The van der Waals surface area contributed by atoms with Crippen molar-refractivity contribution in [3.63, 3.8) is 0 Å². The number of anilines is 1. The summed E-state index contributed by atoms with van der Waals surface area (Å²) in [5.41, 5.74) is 4.71. The molecule has 0 bridgehead atoms. The molecular weight excluding hydrogens is 508 g/mol. The molecule has 0 fully saturated rings. The Bertz CT molecular complexity index is 1530. The highest BCUT2D eigenvalue weighted by molar-refractivity contribution is 8.18. The second kappa shape index (κ2) is 9.21.